The zero-order valence-electron chi connectivity index (χ0n) is 10.8. The van der Waals surface area contributed by atoms with Crippen molar-refractivity contribution >= 4 is 0 Å². The summed E-state index contributed by atoms with van der Waals surface area (Å²) < 4.78 is 2.08. The normalized spacial score (nSPS) is 10.9. The van der Waals surface area contributed by atoms with Gasteiger partial charge in [-0.1, -0.05) is 0 Å². The summed E-state index contributed by atoms with van der Waals surface area (Å²) in [5.41, 5.74) is 12.2. The first-order chi connectivity index (χ1) is 8.04. The molecule has 17 heavy (non-hydrogen) atoms. The van der Waals surface area contributed by atoms with Crippen molar-refractivity contribution in [3.63, 3.8) is 0 Å². The van der Waals surface area contributed by atoms with Gasteiger partial charge in [-0.15, -0.1) is 0 Å². The van der Waals surface area contributed by atoms with Crippen LogP contribution >= 0.6 is 0 Å². The van der Waals surface area contributed by atoms with Crippen LogP contribution < -0.4 is 5.73 Å². The first-order valence-corrected chi connectivity index (χ1v) is 5.72. The number of hydrogen-bond acceptors (Lipinski definition) is 3. The van der Waals surface area contributed by atoms with Crippen LogP contribution in [0, 0.1) is 27.7 Å². The summed E-state index contributed by atoms with van der Waals surface area (Å²) in [5.74, 6) is 0. The van der Waals surface area contributed by atoms with E-state index in [2.05, 4.69) is 27.5 Å². The van der Waals surface area contributed by atoms with Crippen LogP contribution in [-0.2, 0) is 6.54 Å². The molecule has 0 fully saturated rings. The Hall–Kier alpha value is -1.68. The molecule has 0 aromatic carbocycles. The minimum absolute atomic E-state index is 0.491. The van der Waals surface area contributed by atoms with Crippen molar-refractivity contribution in [3.8, 4) is 5.69 Å². The molecule has 0 aliphatic carbocycles. The van der Waals surface area contributed by atoms with Gasteiger partial charge >= 0.3 is 0 Å². The second kappa shape index (κ2) is 4.30. The first kappa shape index (κ1) is 11.8. The predicted octanol–water partition coefficient (Wildman–Crippen LogP) is 1.96. The summed E-state index contributed by atoms with van der Waals surface area (Å²) in [6, 6.07) is 2.06. The molecule has 0 spiro atoms. The van der Waals surface area contributed by atoms with E-state index < -0.39 is 0 Å². The molecule has 4 heteroatoms. The van der Waals surface area contributed by atoms with Crippen LogP contribution in [0.2, 0.25) is 0 Å². The minimum atomic E-state index is 0.491. The van der Waals surface area contributed by atoms with Gasteiger partial charge in [-0.2, -0.15) is 0 Å². The highest BCUT2D eigenvalue weighted by Gasteiger charge is 2.11. The van der Waals surface area contributed by atoms with Gasteiger partial charge in [0.25, 0.3) is 0 Å². The second-order valence-corrected chi connectivity index (χ2v) is 4.34. The standard InChI is InChI=1S/C13H18N4/c1-8-5-13(12(6-14)10(3)16-8)17-7-15-9(2)11(17)4/h5,7H,6,14H2,1-4H3. The van der Waals surface area contributed by atoms with Gasteiger partial charge in [0.2, 0.25) is 0 Å². The van der Waals surface area contributed by atoms with Crippen LogP contribution in [0.5, 0.6) is 0 Å². The lowest BCUT2D eigenvalue weighted by molar-refractivity contribution is 0.912. The topological polar surface area (TPSA) is 56.7 Å². The average Bonchev–Trinajstić information content (AvgIpc) is 2.59. The Kier molecular flexibility index (Phi) is 2.98. The Bertz CT molecular complexity index is 555. The third kappa shape index (κ3) is 1.96. The van der Waals surface area contributed by atoms with Gasteiger partial charge in [-0.25, -0.2) is 4.98 Å². The number of aryl methyl sites for hydroxylation is 3. The molecule has 2 rings (SSSR count). The molecule has 0 unspecified atom stereocenters. The maximum atomic E-state index is 5.82. The minimum Gasteiger partial charge on any atom is -0.326 e. The molecule has 0 saturated heterocycles. The van der Waals surface area contributed by atoms with Crippen molar-refractivity contribution in [2.75, 3.05) is 0 Å². The van der Waals surface area contributed by atoms with Crippen LogP contribution in [-0.4, -0.2) is 14.5 Å². The summed E-state index contributed by atoms with van der Waals surface area (Å²) in [6.45, 7) is 8.56. The predicted molar refractivity (Wildman–Crippen MR) is 68.2 cm³/mol. The van der Waals surface area contributed by atoms with E-state index >= 15 is 0 Å². The zero-order chi connectivity index (χ0) is 12.6. The molecule has 2 aromatic rings. The lowest BCUT2D eigenvalue weighted by atomic mass is 10.1. The molecule has 2 N–H and O–H groups in total. The smallest absolute Gasteiger partial charge is 0.0997 e. The van der Waals surface area contributed by atoms with Gasteiger partial charge in [0.15, 0.2) is 0 Å². The number of aromatic nitrogens is 3. The number of rotatable bonds is 2. The van der Waals surface area contributed by atoms with Gasteiger partial charge in [-0.3, -0.25) is 4.98 Å². The van der Waals surface area contributed by atoms with Crippen molar-refractivity contribution in [1.29, 1.82) is 0 Å². The first-order valence-electron chi connectivity index (χ1n) is 5.72. The molecule has 0 radical (unpaired) electrons. The van der Waals surface area contributed by atoms with Gasteiger partial charge in [0.1, 0.15) is 0 Å². The van der Waals surface area contributed by atoms with Crippen molar-refractivity contribution in [2.24, 2.45) is 5.73 Å². The average molecular weight is 230 g/mol. The maximum Gasteiger partial charge on any atom is 0.0997 e. The van der Waals surface area contributed by atoms with Gasteiger partial charge in [-0.05, 0) is 33.8 Å². The van der Waals surface area contributed by atoms with Crippen LogP contribution in [0.4, 0.5) is 0 Å². The van der Waals surface area contributed by atoms with E-state index in [0.29, 0.717) is 6.54 Å². The maximum absolute atomic E-state index is 5.82. The fraction of sp³-hybridized carbons (Fsp3) is 0.385. The van der Waals surface area contributed by atoms with E-state index in [1.807, 2.05) is 27.1 Å². The molecule has 0 aliphatic rings. The molecule has 4 nitrogen and oxygen atoms in total. The van der Waals surface area contributed by atoms with E-state index in [0.717, 1.165) is 34.0 Å². The number of nitrogens with zero attached hydrogens (tertiary/aromatic N) is 3. The van der Waals surface area contributed by atoms with Crippen molar-refractivity contribution in [1.82, 2.24) is 14.5 Å². The lowest BCUT2D eigenvalue weighted by Crippen LogP contribution is -2.09. The van der Waals surface area contributed by atoms with Crippen LogP contribution in [0.1, 0.15) is 28.3 Å². The van der Waals surface area contributed by atoms with E-state index in [9.17, 15) is 0 Å². The number of pyridine rings is 1. The number of imidazole rings is 1. The highest BCUT2D eigenvalue weighted by molar-refractivity contribution is 5.46. The molecule has 90 valence electrons. The molecule has 0 bridgehead atoms. The summed E-state index contributed by atoms with van der Waals surface area (Å²) in [4.78, 5) is 8.78. The van der Waals surface area contributed by atoms with Gasteiger partial charge < -0.3 is 10.3 Å². The summed E-state index contributed by atoms with van der Waals surface area (Å²) in [6.07, 6.45) is 1.85. The largest absolute Gasteiger partial charge is 0.326 e. The molecule has 2 aromatic heterocycles. The molecule has 0 saturated carbocycles. The third-order valence-electron chi connectivity index (χ3n) is 3.15. The van der Waals surface area contributed by atoms with Gasteiger partial charge in [0, 0.05) is 29.2 Å². The van der Waals surface area contributed by atoms with Crippen LogP contribution in [0.3, 0.4) is 0 Å². The Morgan fingerprint density at radius 2 is 1.88 bits per heavy atom. The molecule has 0 atom stereocenters. The Balaban J connectivity index is 2.70. The fourth-order valence-corrected chi connectivity index (χ4v) is 2.04. The summed E-state index contributed by atoms with van der Waals surface area (Å²) in [5, 5.41) is 0. The molecular weight excluding hydrogens is 212 g/mol. The fourth-order valence-electron chi connectivity index (χ4n) is 2.04. The zero-order valence-corrected chi connectivity index (χ0v) is 10.8. The van der Waals surface area contributed by atoms with E-state index in [4.69, 9.17) is 5.73 Å². The second-order valence-electron chi connectivity index (χ2n) is 4.34. The summed E-state index contributed by atoms with van der Waals surface area (Å²) in [7, 11) is 0. The van der Waals surface area contributed by atoms with Crippen molar-refractivity contribution in [3.05, 3.63) is 40.7 Å². The molecule has 0 aliphatic heterocycles. The quantitative estimate of drug-likeness (QED) is 0.858. The Labute approximate surface area is 102 Å². The summed E-state index contributed by atoms with van der Waals surface area (Å²) >= 11 is 0. The number of hydrogen-bond donors (Lipinski definition) is 1. The molecule has 2 heterocycles. The van der Waals surface area contributed by atoms with E-state index in [1.165, 1.54) is 0 Å². The van der Waals surface area contributed by atoms with E-state index in [1.54, 1.807) is 0 Å². The molecular formula is C13H18N4. The van der Waals surface area contributed by atoms with E-state index in [-0.39, 0.29) is 0 Å². The highest BCUT2D eigenvalue weighted by Crippen LogP contribution is 2.20. The highest BCUT2D eigenvalue weighted by atomic mass is 15.1. The van der Waals surface area contributed by atoms with Crippen LogP contribution in [0.15, 0.2) is 12.4 Å². The van der Waals surface area contributed by atoms with Crippen LogP contribution in [0.25, 0.3) is 5.69 Å². The molecule has 0 amide bonds. The van der Waals surface area contributed by atoms with Crippen molar-refractivity contribution in [2.45, 2.75) is 34.2 Å². The van der Waals surface area contributed by atoms with Crippen molar-refractivity contribution < 1.29 is 0 Å². The lowest BCUT2D eigenvalue weighted by Gasteiger charge is -2.14. The number of nitrogens with two attached hydrogens (primary N) is 1. The Morgan fingerprint density at radius 1 is 1.18 bits per heavy atom. The van der Waals surface area contributed by atoms with Gasteiger partial charge in [0.05, 0.1) is 17.7 Å². The Morgan fingerprint density at radius 3 is 2.41 bits per heavy atom. The SMILES string of the molecule is Cc1cc(-n2cnc(C)c2C)c(CN)c(C)n1. The monoisotopic (exact) mass is 230 g/mol. The third-order valence-corrected chi connectivity index (χ3v) is 3.15.